The summed E-state index contributed by atoms with van der Waals surface area (Å²) < 4.78 is 35.8. The van der Waals surface area contributed by atoms with Crippen LogP contribution in [0.15, 0.2) is 0 Å². The van der Waals surface area contributed by atoms with Crippen LogP contribution in [0.4, 0.5) is 4.79 Å². The molecule has 11 heteroatoms. The monoisotopic (exact) mass is 313 g/mol. The standard InChI is InChI=1S/C8H15NO7S.2Na/c1-8(2,3)16-7(12)9-5(6(10)11)4-17(13,14)15;;/h5H,4H2,1-3H3,(H,9,12)(H,10,11)(H,13,14,15);;/q;2*+1/p-2/t5-;;/m0../s1. The topological polar surface area (TPSA) is 136 Å². The van der Waals surface area contributed by atoms with E-state index in [1.165, 1.54) is 20.8 Å². The van der Waals surface area contributed by atoms with Crippen LogP contribution in [0, 0.1) is 0 Å². The van der Waals surface area contributed by atoms with Crippen LogP contribution in [0.3, 0.4) is 0 Å². The largest absolute Gasteiger partial charge is 1.00 e. The molecule has 0 unspecified atom stereocenters. The van der Waals surface area contributed by atoms with E-state index in [0.717, 1.165) is 0 Å². The minimum absolute atomic E-state index is 0. The first-order chi connectivity index (χ1) is 7.41. The SMILES string of the molecule is CC(C)(C)OC(=O)N[C@@H](CS(=O)(=O)[O-])C(=O)[O-].[Na+].[Na+]. The number of carboxylic acid groups (broad SMARTS) is 1. The zero-order chi connectivity index (χ0) is 13.9. The van der Waals surface area contributed by atoms with Crippen LogP contribution in [0.5, 0.6) is 0 Å². The van der Waals surface area contributed by atoms with E-state index in [4.69, 9.17) is 4.74 Å². The molecule has 0 rings (SSSR count). The first-order valence-corrected chi connectivity index (χ1v) is 6.12. The van der Waals surface area contributed by atoms with Gasteiger partial charge in [-0.25, -0.2) is 13.2 Å². The van der Waals surface area contributed by atoms with Crippen LogP contribution in [0.1, 0.15) is 20.8 Å². The molecule has 0 spiro atoms. The third-order valence-electron chi connectivity index (χ3n) is 1.35. The number of hydrogen-bond donors (Lipinski definition) is 1. The number of carbonyl (C=O) groups is 2. The van der Waals surface area contributed by atoms with Crippen molar-refractivity contribution in [1.82, 2.24) is 5.32 Å². The Kier molecular flexibility index (Phi) is 12.4. The van der Waals surface area contributed by atoms with Gasteiger partial charge in [-0.2, -0.15) is 0 Å². The van der Waals surface area contributed by atoms with E-state index in [9.17, 15) is 27.7 Å². The van der Waals surface area contributed by atoms with Gasteiger partial charge in [0, 0.05) is 0 Å². The molecule has 0 aliphatic carbocycles. The second-order valence-electron chi connectivity index (χ2n) is 4.24. The first-order valence-electron chi connectivity index (χ1n) is 4.54. The molecule has 0 aromatic carbocycles. The van der Waals surface area contributed by atoms with E-state index in [2.05, 4.69) is 0 Å². The Morgan fingerprint density at radius 2 is 1.68 bits per heavy atom. The molecule has 1 N–H and O–H groups in total. The molecule has 8 nitrogen and oxygen atoms in total. The fraction of sp³-hybridized carbons (Fsp3) is 0.750. The van der Waals surface area contributed by atoms with Crippen LogP contribution in [0.25, 0.3) is 0 Å². The van der Waals surface area contributed by atoms with Crippen LogP contribution < -0.4 is 69.5 Å². The maximum atomic E-state index is 11.1. The molecule has 19 heavy (non-hydrogen) atoms. The first kappa shape index (κ1) is 24.7. The van der Waals surface area contributed by atoms with Crippen LogP contribution in [-0.2, 0) is 19.6 Å². The van der Waals surface area contributed by atoms with Gasteiger partial charge in [0.15, 0.2) is 0 Å². The van der Waals surface area contributed by atoms with Gasteiger partial charge in [0.2, 0.25) is 0 Å². The van der Waals surface area contributed by atoms with Crippen molar-refractivity contribution in [1.29, 1.82) is 0 Å². The van der Waals surface area contributed by atoms with E-state index in [0.29, 0.717) is 0 Å². The van der Waals surface area contributed by atoms with Gasteiger partial charge in [-0.05, 0) is 20.8 Å². The zero-order valence-corrected chi connectivity index (χ0v) is 16.4. The third kappa shape index (κ3) is 14.9. The summed E-state index contributed by atoms with van der Waals surface area (Å²) in [5, 5.41) is 12.2. The van der Waals surface area contributed by atoms with Gasteiger partial charge in [0.05, 0.1) is 27.9 Å². The minimum Gasteiger partial charge on any atom is -0.748 e. The molecule has 0 bridgehead atoms. The van der Waals surface area contributed by atoms with E-state index in [1.54, 1.807) is 5.32 Å². The Balaban J connectivity index is -0.00000128. The Hall–Kier alpha value is 0.650. The Bertz CT molecular complexity index is 404. The minimum atomic E-state index is -4.80. The molecule has 100 valence electrons. The average Bonchev–Trinajstić information content (AvgIpc) is 1.95. The molecule has 0 saturated heterocycles. The van der Waals surface area contributed by atoms with Gasteiger partial charge >= 0.3 is 65.2 Å². The van der Waals surface area contributed by atoms with E-state index in [1.807, 2.05) is 0 Å². The predicted octanol–water partition coefficient (Wildman–Crippen LogP) is -7.82. The smallest absolute Gasteiger partial charge is 0.748 e. The molecular weight excluding hydrogens is 300 g/mol. The van der Waals surface area contributed by atoms with Crippen LogP contribution in [-0.4, -0.2) is 42.4 Å². The number of rotatable bonds is 4. The number of hydrogen-bond acceptors (Lipinski definition) is 7. The molecular formula is C8H13NNa2O7S. The molecule has 0 radical (unpaired) electrons. The van der Waals surface area contributed by atoms with Gasteiger partial charge in [-0.3, -0.25) is 0 Å². The van der Waals surface area contributed by atoms with Crippen molar-refractivity contribution >= 4 is 22.2 Å². The Morgan fingerprint density at radius 3 is 1.95 bits per heavy atom. The molecule has 1 amide bonds. The maximum Gasteiger partial charge on any atom is 1.00 e. The van der Waals surface area contributed by atoms with Crippen molar-refractivity contribution in [3.05, 3.63) is 0 Å². The van der Waals surface area contributed by atoms with Gasteiger partial charge in [0.25, 0.3) is 0 Å². The van der Waals surface area contributed by atoms with Gasteiger partial charge in [-0.1, -0.05) is 0 Å². The summed E-state index contributed by atoms with van der Waals surface area (Å²) in [5.74, 6) is -3.18. The predicted molar refractivity (Wildman–Crippen MR) is 52.7 cm³/mol. The fourth-order valence-corrected chi connectivity index (χ4v) is 1.45. The van der Waals surface area contributed by atoms with Gasteiger partial charge in [-0.15, -0.1) is 0 Å². The Morgan fingerprint density at radius 1 is 1.26 bits per heavy atom. The summed E-state index contributed by atoms with van der Waals surface area (Å²) in [6, 6.07) is -1.94. The number of amides is 1. The van der Waals surface area contributed by atoms with Crippen molar-refractivity contribution in [3.63, 3.8) is 0 Å². The van der Waals surface area contributed by atoms with E-state index in [-0.39, 0.29) is 59.1 Å². The molecule has 0 aliphatic rings. The van der Waals surface area contributed by atoms with Gasteiger partial charge in [0.1, 0.15) is 5.60 Å². The van der Waals surface area contributed by atoms with Crippen molar-refractivity contribution in [2.75, 3.05) is 5.75 Å². The average molecular weight is 313 g/mol. The second kappa shape index (κ2) is 9.56. The summed E-state index contributed by atoms with van der Waals surface area (Å²) in [6.07, 6.45) is -1.14. The maximum absolute atomic E-state index is 11.1. The molecule has 0 aliphatic heterocycles. The van der Waals surface area contributed by atoms with Crippen molar-refractivity contribution in [2.45, 2.75) is 32.4 Å². The summed E-state index contributed by atoms with van der Waals surface area (Å²) in [7, 11) is -4.80. The number of nitrogens with one attached hydrogen (secondary N) is 1. The zero-order valence-electron chi connectivity index (χ0n) is 11.6. The van der Waals surface area contributed by atoms with Crippen molar-refractivity contribution in [2.24, 2.45) is 0 Å². The number of alkyl carbamates (subject to hydrolysis) is 1. The normalized spacial score (nSPS) is 12.4. The summed E-state index contributed by atoms with van der Waals surface area (Å²) in [5.41, 5.74) is -0.878. The van der Waals surface area contributed by atoms with Crippen LogP contribution in [0.2, 0.25) is 0 Å². The van der Waals surface area contributed by atoms with Crippen molar-refractivity contribution < 1.29 is 91.5 Å². The molecule has 0 saturated carbocycles. The molecule has 0 fully saturated rings. The molecule has 0 aromatic rings. The number of carboxylic acids is 1. The summed E-state index contributed by atoms with van der Waals surface area (Å²) in [6.45, 7) is 4.60. The van der Waals surface area contributed by atoms with E-state index < -0.39 is 39.6 Å². The fourth-order valence-electron chi connectivity index (χ4n) is 0.823. The summed E-state index contributed by atoms with van der Waals surface area (Å²) in [4.78, 5) is 21.6. The second-order valence-corrected chi connectivity index (χ2v) is 5.69. The number of carbonyl (C=O) groups excluding carboxylic acids is 2. The molecule has 1 atom stereocenters. The Labute approximate surface area is 156 Å². The molecule has 0 aromatic heterocycles. The third-order valence-corrected chi connectivity index (χ3v) is 2.09. The van der Waals surface area contributed by atoms with E-state index >= 15 is 0 Å². The van der Waals surface area contributed by atoms with Gasteiger partial charge < -0.3 is 24.5 Å². The van der Waals surface area contributed by atoms with Crippen molar-refractivity contribution in [3.8, 4) is 0 Å². The summed E-state index contributed by atoms with van der Waals surface area (Å²) >= 11 is 0. The number of ether oxygens (including phenoxy) is 1. The van der Waals surface area contributed by atoms with Crippen LogP contribution >= 0.6 is 0 Å². The number of aliphatic carboxylic acids is 1. The molecule has 0 heterocycles. The quantitative estimate of drug-likeness (QED) is 0.402.